The van der Waals surface area contributed by atoms with Crippen LogP contribution in [0.5, 0.6) is 5.75 Å². The van der Waals surface area contributed by atoms with Crippen LogP contribution < -0.4 is 5.32 Å². The molecule has 0 unspecified atom stereocenters. The minimum Gasteiger partial charge on any atom is -0.508 e. The van der Waals surface area contributed by atoms with Gasteiger partial charge < -0.3 is 25.7 Å². The highest BCUT2D eigenvalue weighted by Gasteiger charge is 2.46. The van der Waals surface area contributed by atoms with Gasteiger partial charge in [-0.1, -0.05) is 12.1 Å². The Balaban J connectivity index is 2.17. The Kier molecular flexibility index (Phi) is 5.36. The summed E-state index contributed by atoms with van der Waals surface area (Å²) in [5.41, 5.74) is 0.866. The SMILES string of the molecule is CC(=O)NC[C@@H]1[C@@H](O)[C@H](O)[C@@H](CO)N1Cc1ccc(O)cc1. The predicted molar refractivity (Wildman–Crippen MR) is 79.0 cm³/mol. The first kappa shape index (κ1) is 16.7. The molecule has 0 spiro atoms. The lowest BCUT2D eigenvalue weighted by atomic mass is 10.1. The zero-order valence-electron chi connectivity index (χ0n) is 12.4. The van der Waals surface area contributed by atoms with Gasteiger partial charge in [-0.05, 0) is 17.7 Å². The number of nitrogens with one attached hydrogen (secondary N) is 1. The summed E-state index contributed by atoms with van der Waals surface area (Å²) in [6.07, 6.45) is -2.14. The first-order valence-corrected chi connectivity index (χ1v) is 7.19. The van der Waals surface area contributed by atoms with Crippen LogP contribution in [-0.2, 0) is 11.3 Å². The molecule has 1 aliphatic rings. The summed E-state index contributed by atoms with van der Waals surface area (Å²) >= 11 is 0. The van der Waals surface area contributed by atoms with Crippen molar-refractivity contribution in [2.75, 3.05) is 13.2 Å². The molecule has 1 aromatic carbocycles. The van der Waals surface area contributed by atoms with Crippen molar-refractivity contribution in [3.8, 4) is 5.75 Å². The number of hydrogen-bond acceptors (Lipinski definition) is 6. The number of phenols is 1. The van der Waals surface area contributed by atoms with Crippen LogP contribution in [0.2, 0.25) is 0 Å². The van der Waals surface area contributed by atoms with Crippen LogP contribution in [0.15, 0.2) is 24.3 Å². The maximum Gasteiger partial charge on any atom is 0.216 e. The molecule has 0 saturated carbocycles. The van der Waals surface area contributed by atoms with Crippen LogP contribution in [-0.4, -0.2) is 68.7 Å². The Morgan fingerprint density at radius 1 is 1.18 bits per heavy atom. The van der Waals surface area contributed by atoms with Crippen LogP contribution in [0.25, 0.3) is 0 Å². The van der Waals surface area contributed by atoms with E-state index in [0.717, 1.165) is 5.56 Å². The zero-order chi connectivity index (χ0) is 16.3. The number of phenolic OH excluding ortho intramolecular Hbond substituents is 1. The molecular weight excluding hydrogens is 288 g/mol. The number of benzene rings is 1. The van der Waals surface area contributed by atoms with E-state index in [1.807, 2.05) is 0 Å². The van der Waals surface area contributed by atoms with Crippen molar-refractivity contribution in [2.45, 2.75) is 37.8 Å². The number of aromatic hydroxyl groups is 1. The summed E-state index contributed by atoms with van der Waals surface area (Å²) in [7, 11) is 0. The first-order valence-electron chi connectivity index (χ1n) is 7.19. The molecule has 1 heterocycles. The third-order valence-electron chi connectivity index (χ3n) is 4.04. The highest BCUT2D eigenvalue weighted by atomic mass is 16.3. The van der Waals surface area contributed by atoms with Gasteiger partial charge >= 0.3 is 0 Å². The van der Waals surface area contributed by atoms with Crippen LogP contribution in [0, 0.1) is 0 Å². The van der Waals surface area contributed by atoms with E-state index in [1.165, 1.54) is 6.92 Å². The van der Waals surface area contributed by atoms with Gasteiger partial charge in [-0.25, -0.2) is 0 Å². The van der Waals surface area contributed by atoms with E-state index in [4.69, 9.17) is 0 Å². The van der Waals surface area contributed by atoms with Gasteiger partial charge in [0.25, 0.3) is 0 Å². The second-order valence-electron chi connectivity index (χ2n) is 5.57. The second-order valence-corrected chi connectivity index (χ2v) is 5.57. The largest absolute Gasteiger partial charge is 0.508 e. The quantitative estimate of drug-likeness (QED) is 0.467. The average Bonchev–Trinajstić information content (AvgIpc) is 2.70. The van der Waals surface area contributed by atoms with Crippen LogP contribution in [0.3, 0.4) is 0 Å². The number of nitrogens with zero attached hydrogens (tertiary/aromatic N) is 1. The van der Waals surface area contributed by atoms with E-state index in [-0.39, 0.29) is 24.8 Å². The van der Waals surface area contributed by atoms with Crippen LogP contribution in [0.4, 0.5) is 0 Å². The van der Waals surface area contributed by atoms with Gasteiger partial charge in [-0.15, -0.1) is 0 Å². The maximum absolute atomic E-state index is 11.1. The maximum atomic E-state index is 11.1. The molecule has 1 amide bonds. The number of amides is 1. The molecule has 2 rings (SSSR count). The molecule has 22 heavy (non-hydrogen) atoms. The molecule has 0 aromatic heterocycles. The molecule has 1 saturated heterocycles. The standard InChI is InChI=1S/C15H22N2O5/c1-9(19)16-6-12-14(21)15(22)13(8-18)17(12)7-10-2-4-11(20)5-3-10/h2-5,12-15,18,20-22H,6-8H2,1H3,(H,16,19)/t12-,13-,14-,15-/m1/s1. The van der Waals surface area contributed by atoms with Crippen molar-refractivity contribution in [1.82, 2.24) is 10.2 Å². The molecule has 1 aromatic rings. The summed E-state index contributed by atoms with van der Waals surface area (Å²) in [6.45, 7) is 1.64. The molecule has 7 heteroatoms. The van der Waals surface area contributed by atoms with E-state index < -0.39 is 24.3 Å². The third kappa shape index (κ3) is 3.56. The highest BCUT2D eigenvalue weighted by molar-refractivity contribution is 5.72. The second kappa shape index (κ2) is 7.06. The smallest absolute Gasteiger partial charge is 0.216 e. The molecule has 7 nitrogen and oxygen atoms in total. The molecule has 1 fully saturated rings. The monoisotopic (exact) mass is 310 g/mol. The van der Waals surface area contributed by atoms with Crippen molar-refractivity contribution < 1.29 is 25.2 Å². The zero-order valence-corrected chi connectivity index (χ0v) is 12.4. The van der Waals surface area contributed by atoms with E-state index in [0.29, 0.717) is 6.54 Å². The minimum atomic E-state index is -1.08. The summed E-state index contributed by atoms with van der Waals surface area (Å²) in [6, 6.07) is 5.46. The van der Waals surface area contributed by atoms with Gasteiger partial charge in [-0.2, -0.15) is 0 Å². The van der Waals surface area contributed by atoms with Gasteiger partial charge in [0.05, 0.1) is 30.9 Å². The number of likely N-dealkylation sites (tertiary alicyclic amines) is 1. The number of aliphatic hydroxyl groups is 3. The van der Waals surface area contributed by atoms with Gasteiger partial charge in [0.1, 0.15) is 5.75 Å². The molecule has 0 radical (unpaired) electrons. The topological polar surface area (TPSA) is 113 Å². The highest BCUT2D eigenvalue weighted by Crippen LogP contribution is 2.27. The van der Waals surface area contributed by atoms with Gasteiger partial charge in [0, 0.05) is 20.0 Å². The fraction of sp³-hybridized carbons (Fsp3) is 0.533. The lowest BCUT2D eigenvalue weighted by molar-refractivity contribution is -0.119. The van der Waals surface area contributed by atoms with Crippen LogP contribution in [0.1, 0.15) is 12.5 Å². The Bertz CT molecular complexity index is 507. The van der Waals surface area contributed by atoms with E-state index in [1.54, 1.807) is 29.2 Å². The Hall–Kier alpha value is -1.67. The minimum absolute atomic E-state index is 0.152. The van der Waals surface area contributed by atoms with Crippen molar-refractivity contribution in [3.63, 3.8) is 0 Å². The number of carbonyl (C=O) groups is 1. The molecular formula is C15H22N2O5. The number of aliphatic hydroxyl groups excluding tert-OH is 3. The fourth-order valence-electron chi connectivity index (χ4n) is 2.84. The Labute approximate surface area is 128 Å². The molecule has 4 atom stereocenters. The average molecular weight is 310 g/mol. The lowest BCUT2D eigenvalue weighted by Crippen LogP contribution is -2.46. The summed E-state index contributed by atoms with van der Waals surface area (Å²) < 4.78 is 0. The lowest BCUT2D eigenvalue weighted by Gasteiger charge is -2.29. The molecule has 0 bridgehead atoms. The van der Waals surface area contributed by atoms with E-state index >= 15 is 0 Å². The predicted octanol–water partition coefficient (Wildman–Crippen LogP) is -1.20. The first-order chi connectivity index (χ1) is 10.4. The fourth-order valence-corrected chi connectivity index (χ4v) is 2.84. The van der Waals surface area contributed by atoms with Gasteiger partial charge in [0.15, 0.2) is 0 Å². The number of carbonyl (C=O) groups excluding carboxylic acids is 1. The van der Waals surface area contributed by atoms with E-state index in [9.17, 15) is 25.2 Å². The van der Waals surface area contributed by atoms with Crippen molar-refractivity contribution >= 4 is 5.91 Å². The Morgan fingerprint density at radius 3 is 2.32 bits per heavy atom. The van der Waals surface area contributed by atoms with Crippen LogP contribution >= 0.6 is 0 Å². The molecule has 122 valence electrons. The van der Waals surface area contributed by atoms with Crippen molar-refractivity contribution in [2.24, 2.45) is 0 Å². The van der Waals surface area contributed by atoms with Crippen molar-refractivity contribution in [1.29, 1.82) is 0 Å². The summed E-state index contributed by atoms with van der Waals surface area (Å²) in [5, 5.41) is 41.7. The third-order valence-corrected chi connectivity index (χ3v) is 4.04. The summed E-state index contributed by atoms with van der Waals surface area (Å²) in [5.74, 6) is -0.0718. The van der Waals surface area contributed by atoms with Gasteiger partial charge in [-0.3, -0.25) is 9.69 Å². The summed E-state index contributed by atoms with van der Waals surface area (Å²) in [4.78, 5) is 12.9. The van der Waals surface area contributed by atoms with E-state index in [2.05, 4.69) is 5.32 Å². The molecule has 0 aliphatic carbocycles. The van der Waals surface area contributed by atoms with Gasteiger partial charge in [0.2, 0.25) is 5.91 Å². The Morgan fingerprint density at radius 2 is 1.77 bits per heavy atom. The number of hydrogen-bond donors (Lipinski definition) is 5. The van der Waals surface area contributed by atoms with Crippen molar-refractivity contribution in [3.05, 3.63) is 29.8 Å². The molecule has 5 N–H and O–H groups in total. The molecule has 1 aliphatic heterocycles. The number of rotatable bonds is 5. The normalized spacial score (nSPS) is 28.7.